The van der Waals surface area contributed by atoms with E-state index in [0.717, 1.165) is 11.1 Å². The lowest BCUT2D eigenvalue weighted by atomic mass is 10.0. The molecule has 3 aromatic rings. The van der Waals surface area contributed by atoms with Crippen molar-refractivity contribution in [3.63, 3.8) is 0 Å². The van der Waals surface area contributed by atoms with Crippen molar-refractivity contribution < 1.29 is 14.2 Å². The van der Waals surface area contributed by atoms with E-state index >= 15 is 0 Å². The number of benzene rings is 2. The van der Waals surface area contributed by atoms with Gasteiger partial charge in [-0.1, -0.05) is 12.1 Å². The summed E-state index contributed by atoms with van der Waals surface area (Å²) in [5, 5.41) is 9.59. The van der Waals surface area contributed by atoms with E-state index in [2.05, 4.69) is 16.0 Å². The Morgan fingerprint density at radius 3 is 2.44 bits per heavy atom. The number of aromatic nitrogens is 2. The Morgan fingerprint density at radius 2 is 1.74 bits per heavy atom. The first-order valence-corrected chi connectivity index (χ1v) is 8.12. The van der Waals surface area contributed by atoms with Crippen LogP contribution >= 0.6 is 0 Å². The Bertz CT molecular complexity index is 995. The van der Waals surface area contributed by atoms with Crippen LogP contribution in [0.1, 0.15) is 11.1 Å². The average Bonchev–Trinajstić information content (AvgIpc) is 2.72. The van der Waals surface area contributed by atoms with E-state index in [1.165, 1.54) is 0 Å². The van der Waals surface area contributed by atoms with Gasteiger partial charge in [-0.2, -0.15) is 5.26 Å². The van der Waals surface area contributed by atoms with Gasteiger partial charge in [0.2, 0.25) is 0 Å². The Kier molecular flexibility index (Phi) is 5.65. The summed E-state index contributed by atoms with van der Waals surface area (Å²) in [5.41, 5.74) is 2.03. The number of nitriles is 1. The highest BCUT2D eigenvalue weighted by Gasteiger charge is 2.08. The monoisotopic (exact) mass is 359 g/mol. The van der Waals surface area contributed by atoms with Crippen LogP contribution in [0.4, 0.5) is 0 Å². The molecule has 0 N–H and O–H groups in total. The summed E-state index contributed by atoms with van der Waals surface area (Å²) in [4.78, 5) is 8.07. The van der Waals surface area contributed by atoms with Crippen molar-refractivity contribution in [2.24, 2.45) is 0 Å². The Labute approximate surface area is 157 Å². The maximum absolute atomic E-state index is 9.59. The molecular formula is C21H17N3O3. The Morgan fingerprint density at radius 1 is 0.963 bits per heavy atom. The molecule has 0 fully saturated rings. The fraction of sp³-hybridized carbons (Fsp3) is 0.0952. The lowest BCUT2D eigenvalue weighted by Gasteiger charge is -2.09. The molecule has 0 saturated carbocycles. The fourth-order valence-electron chi connectivity index (χ4n) is 2.46. The van der Waals surface area contributed by atoms with E-state index in [-0.39, 0.29) is 6.01 Å². The molecule has 3 rings (SSSR count). The predicted molar refractivity (Wildman–Crippen MR) is 102 cm³/mol. The van der Waals surface area contributed by atoms with Crippen molar-refractivity contribution in [3.05, 3.63) is 72.1 Å². The molecule has 6 nitrogen and oxygen atoms in total. The molecule has 134 valence electrons. The number of hydrogen-bond donors (Lipinski definition) is 0. The number of nitrogens with zero attached hydrogens (tertiary/aromatic N) is 3. The van der Waals surface area contributed by atoms with Gasteiger partial charge in [-0.15, -0.1) is 0 Å². The lowest BCUT2D eigenvalue weighted by Crippen LogP contribution is -1.92. The van der Waals surface area contributed by atoms with Crippen LogP contribution in [0, 0.1) is 11.3 Å². The molecule has 0 aliphatic carbocycles. The first-order valence-electron chi connectivity index (χ1n) is 8.12. The van der Waals surface area contributed by atoms with Crippen LogP contribution in [0.25, 0.3) is 11.6 Å². The summed E-state index contributed by atoms with van der Waals surface area (Å²) < 4.78 is 16.2. The highest BCUT2D eigenvalue weighted by atomic mass is 16.5. The van der Waals surface area contributed by atoms with Crippen molar-refractivity contribution in [1.29, 1.82) is 5.26 Å². The van der Waals surface area contributed by atoms with E-state index < -0.39 is 0 Å². The zero-order valence-corrected chi connectivity index (χ0v) is 14.9. The first-order chi connectivity index (χ1) is 13.2. The number of methoxy groups -OCH3 is 2. The third kappa shape index (κ3) is 4.41. The summed E-state index contributed by atoms with van der Waals surface area (Å²) in [6.45, 7) is 0. The van der Waals surface area contributed by atoms with E-state index in [9.17, 15) is 5.26 Å². The second-order valence-corrected chi connectivity index (χ2v) is 5.45. The Hall–Kier alpha value is -3.85. The molecule has 1 aromatic heterocycles. The maximum atomic E-state index is 9.59. The average molecular weight is 359 g/mol. The molecule has 0 saturated heterocycles. The van der Waals surface area contributed by atoms with Crippen LogP contribution in [0.2, 0.25) is 0 Å². The molecular weight excluding hydrogens is 342 g/mol. The molecule has 1 heterocycles. The van der Waals surface area contributed by atoms with Crippen LogP contribution in [0.5, 0.6) is 23.3 Å². The summed E-state index contributed by atoms with van der Waals surface area (Å²) in [6.07, 6.45) is 4.99. The number of ether oxygens (including phenoxy) is 3. The van der Waals surface area contributed by atoms with E-state index in [1.54, 1.807) is 57.0 Å². The highest BCUT2D eigenvalue weighted by molar-refractivity contribution is 5.90. The third-order valence-electron chi connectivity index (χ3n) is 3.74. The second kappa shape index (κ2) is 8.50. The number of allylic oxidation sites excluding steroid dienone is 1. The van der Waals surface area contributed by atoms with Gasteiger partial charge in [0.1, 0.15) is 5.75 Å². The molecule has 0 aliphatic heterocycles. The van der Waals surface area contributed by atoms with Crippen molar-refractivity contribution >= 4 is 11.6 Å². The molecule has 0 radical (unpaired) electrons. The first kappa shape index (κ1) is 18.0. The standard InChI is InChI=1S/C21H17N3O3/c1-25-19-8-7-16(13-20(19)26-2)17(14-22)11-15-5-3-6-18(12-15)27-21-23-9-4-10-24-21/h3-13H,1-2H3. The van der Waals surface area contributed by atoms with Crippen molar-refractivity contribution in [1.82, 2.24) is 9.97 Å². The molecule has 0 amide bonds. The minimum atomic E-state index is 0.263. The SMILES string of the molecule is COc1ccc(C(C#N)=Cc2cccc(Oc3ncccn3)c2)cc1OC. The van der Waals surface area contributed by atoms with Gasteiger partial charge in [0.05, 0.1) is 25.9 Å². The molecule has 27 heavy (non-hydrogen) atoms. The Balaban J connectivity index is 1.90. The van der Waals surface area contributed by atoms with Gasteiger partial charge >= 0.3 is 6.01 Å². The van der Waals surface area contributed by atoms with E-state index in [0.29, 0.717) is 22.8 Å². The summed E-state index contributed by atoms with van der Waals surface area (Å²) >= 11 is 0. The molecule has 6 heteroatoms. The van der Waals surface area contributed by atoms with Gasteiger partial charge in [0, 0.05) is 12.4 Å². The second-order valence-electron chi connectivity index (χ2n) is 5.45. The molecule has 0 spiro atoms. The quantitative estimate of drug-likeness (QED) is 0.481. The van der Waals surface area contributed by atoms with Gasteiger partial charge < -0.3 is 14.2 Å². The van der Waals surface area contributed by atoms with E-state index in [1.807, 2.05) is 24.3 Å². The summed E-state index contributed by atoms with van der Waals surface area (Å²) in [5.74, 6) is 1.76. The smallest absolute Gasteiger partial charge is 0.321 e. The molecule has 0 bridgehead atoms. The molecule has 2 aromatic carbocycles. The number of rotatable bonds is 6. The fourth-order valence-corrected chi connectivity index (χ4v) is 2.46. The number of hydrogen-bond acceptors (Lipinski definition) is 6. The maximum Gasteiger partial charge on any atom is 0.321 e. The van der Waals surface area contributed by atoms with Crippen molar-refractivity contribution in [2.45, 2.75) is 0 Å². The minimum Gasteiger partial charge on any atom is -0.493 e. The molecule has 0 aliphatic rings. The van der Waals surface area contributed by atoms with Gasteiger partial charge in [-0.3, -0.25) is 0 Å². The van der Waals surface area contributed by atoms with Gasteiger partial charge in [-0.25, -0.2) is 9.97 Å². The lowest BCUT2D eigenvalue weighted by molar-refractivity contribution is 0.355. The van der Waals surface area contributed by atoms with E-state index in [4.69, 9.17) is 14.2 Å². The van der Waals surface area contributed by atoms with Crippen LogP contribution in [-0.2, 0) is 0 Å². The molecule has 0 unspecified atom stereocenters. The van der Waals surface area contributed by atoms with Crippen LogP contribution < -0.4 is 14.2 Å². The van der Waals surface area contributed by atoms with Crippen LogP contribution in [0.3, 0.4) is 0 Å². The topological polar surface area (TPSA) is 77.3 Å². The largest absolute Gasteiger partial charge is 0.493 e. The normalized spacial score (nSPS) is 10.8. The molecule has 0 atom stereocenters. The predicted octanol–water partition coefficient (Wildman–Crippen LogP) is 4.35. The van der Waals surface area contributed by atoms with Gasteiger partial charge in [-0.05, 0) is 53.6 Å². The van der Waals surface area contributed by atoms with Crippen molar-refractivity contribution in [3.8, 4) is 29.3 Å². The highest BCUT2D eigenvalue weighted by Crippen LogP contribution is 2.31. The minimum absolute atomic E-state index is 0.263. The third-order valence-corrected chi connectivity index (χ3v) is 3.74. The van der Waals surface area contributed by atoms with Crippen LogP contribution in [0.15, 0.2) is 60.9 Å². The van der Waals surface area contributed by atoms with Gasteiger partial charge in [0.15, 0.2) is 11.5 Å². The summed E-state index contributed by atoms with van der Waals surface area (Å²) in [7, 11) is 3.13. The van der Waals surface area contributed by atoms with Crippen molar-refractivity contribution in [2.75, 3.05) is 14.2 Å². The van der Waals surface area contributed by atoms with Gasteiger partial charge in [0.25, 0.3) is 0 Å². The zero-order chi connectivity index (χ0) is 19.1. The summed E-state index contributed by atoms with van der Waals surface area (Å²) in [6, 6.07) is 16.9. The zero-order valence-electron chi connectivity index (χ0n) is 14.9. The van der Waals surface area contributed by atoms with Crippen LogP contribution in [-0.4, -0.2) is 24.2 Å².